The van der Waals surface area contributed by atoms with Gasteiger partial charge in [-0.3, -0.25) is 4.68 Å². The molecule has 0 aliphatic rings. The van der Waals surface area contributed by atoms with Crippen molar-refractivity contribution < 1.29 is 4.74 Å². The number of hydrogen-bond donors (Lipinski definition) is 1. The summed E-state index contributed by atoms with van der Waals surface area (Å²) in [6.45, 7) is 2.43. The number of benzene rings is 1. The van der Waals surface area contributed by atoms with E-state index in [-0.39, 0.29) is 6.04 Å². The van der Waals surface area contributed by atoms with Gasteiger partial charge in [-0.1, -0.05) is 18.5 Å². The first-order chi connectivity index (χ1) is 9.60. The van der Waals surface area contributed by atoms with Crippen molar-refractivity contribution in [1.29, 1.82) is 0 Å². The molecule has 0 saturated carbocycles. The van der Waals surface area contributed by atoms with E-state index in [0.29, 0.717) is 11.6 Å². The molecule has 0 fully saturated rings. The molecule has 0 saturated heterocycles. The highest BCUT2D eigenvalue weighted by Gasteiger charge is 2.10. The van der Waals surface area contributed by atoms with Crippen LogP contribution in [0.25, 0.3) is 0 Å². The van der Waals surface area contributed by atoms with E-state index in [2.05, 4.69) is 17.0 Å². The molecule has 2 aromatic rings. The van der Waals surface area contributed by atoms with E-state index in [0.717, 1.165) is 30.0 Å². The van der Waals surface area contributed by atoms with Gasteiger partial charge in [0.25, 0.3) is 0 Å². The van der Waals surface area contributed by atoms with Crippen molar-refractivity contribution in [3.63, 3.8) is 0 Å². The Bertz CT molecular complexity index is 570. The molecule has 20 heavy (non-hydrogen) atoms. The van der Waals surface area contributed by atoms with Gasteiger partial charge in [-0.25, -0.2) is 4.98 Å². The van der Waals surface area contributed by atoms with E-state index in [1.807, 2.05) is 25.2 Å². The predicted molar refractivity (Wildman–Crippen MR) is 78.8 cm³/mol. The van der Waals surface area contributed by atoms with Crippen LogP contribution in [0.4, 0.5) is 0 Å². The molecule has 1 heterocycles. The smallest absolute Gasteiger partial charge is 0.164 e. The number of aromatic nitrogens is 3. The molecule has 0 amide bonds. The lowest BCUT2D eigenvalue weighted by atomic mass is 10.0. The van der Waals surface area contributed by atoms with Crippen molar-refractivity contribution in [1.82, 2.24) is 14.8 Å². The zero-order valence-electron chi connectivity index (χ0n) is 11.7. The summed E-state index contributed by atoms with van der Waals surface area (Å²) in [5, 5.41) is 4.70. The van der Waals surface area contributed by atoms with E-state index in [1.165, 1.54) is 6.33 Å². The van der Waals surface area contributed by atoms with Crippen LogP contribution in [0.15, 0.2) is 24.5 Å². The number of halogens is 1. The monoisotopic (exact) mass is 294 g/mol. The first kappa shape index (κ1) is 14.8. The van der Waals surface area contributed by atoms with Gasteiger partial charge in [-0.05, 0) is 36.6 Å². The fourth-order valence-corrected chi connectivity index (χ4v) is 2.06. The Morgan fingerprint density at radius 3 is 2.90 bits per heavy atom. The lowest BCUT2D eigenvalue weighted by Crippen LogP contribution is -2.21. The van der Waals surface area contributed by atoms with Crippen LogP contribution >= 0.6 is 11.6 Å². The van der Waals surface area contributed by atoms with Gasteiger partial charge in [0.2, 0.25) is 0 Å². The second kappa shape index (κ2) is 6.72. The topological polar surface area (TPSA) is 66.0 Å². The minimum Gasteiger partial charge on any atom is -0.485 e. The highest BCUT2D eigenvalue weighted by atomic mass is 35.5. The number of aryl methyl sites for hydroxylation is 1. The Kier molecular flexibility index (Phi) is 4.98. The van der Waals surface area contributed by atoms with Crippen LogP contribution in [-0.2, 0) is 20.1 Å². The van der Waals surface area contributed by atoms with Crippen molar-refractivity contribution in [2.45, 2.75) is 32.4 Å². The standard InChI is InChI=1S/C14H19ClN4O/c1-3-12(16)7-10-6-11(15)4-5-13(10)20-8-14-17-9-18-19(14)2/h4-6,9,12H,3,7-8,16H2,1-2H3. The molecule has 0 aliphatic carbocycles. The number of rotatable bonds is 6. The quantitative estimate of drug-likeness (QED) is 0.888. The fraction of sp³-hybridized carbons (Fsp3) is 0.429. The van der Waals surface area contributed by atoms with Gasteiger partial charge in [-0.15, -0.1) is 0 Å². The molecule has 0 radical (unpaired) electrons. The normalized spacial score (nSPS) is 12.4. The fourth-order valence-electron chi connectivity index (χ4n) is 1.87. The first-order valence-corrected chi connectivity index (χ1v) is 6.97. The van der Waals surface area contributed by atoms with Gasteiger partial charge in [0, 0.05) is 18.1 Å². The van der Waals surface area contributed by atoms with Crippen LogP contribution < -0.4 is 10.5 Å². The molecule has 1 aromatic carbocycles. The van der Waals surface area contributed by atoms with Crippen LogP contribution in [0, 0.1) is 0 Å². The second-order valence-electron chi connectivity index (χ2n) is 4.71. The average molecular weight is 295 g/mol. The van der Waals surface area contributed by atoms with Gasteiger partial charge in [-0.2, -0.15) is 5.10 Å². The van der Waals surface area contributed by atoms with Gasteiger partial charge in [0.1, 0.15) is 18.7 Å². The maximum Gasteiger partial charge on any atom is 0.164 e. The maximum atomic E-state index is 6.05. The summed E-state index contributed by atoms with van der Waals surface area (Å²) in [4.78, 5) is 4.13. The van der Waals surface area contributed by atoms with Gasteiger partial charge in [0.15, 0.2) is 5.82 Å². The van der Waals surface area contributed by atoms with Gasteiger partial charge in [0.05, 0.1) is 0 Å². The van der Waals surface area contributed by atoms with Crippen LogP contribution in [0.3, 0.4) is 0 Å². The van der Waals surface area contributed by atoms with Gasteiger partial charge < -0.3 is 10.5 Å². The number of ether oxygens (including phenoxy) is 1. The molecule has 108 valence electrons. The molecule has 2 N–H and O–H groups in total. The van der Waals surface area contributed by atoms with Crippen molar-refractivity contribution in [2.24, 2.45) is 12.8 Å². The molecule has 0 bridgehead atoms. The molecule has 6 heteroatoms. The van der Waals surface area contributed by atoms with E-state index in [9.17, 15) is 0 Å². The average Bonchev–Trinajstić information content (AvgIpc) is 2.83. The Hall–Kier alpha value is -1.59. The predicted octanol–water partition coefficient (Wildman–Crippen LogP) is 2.33. The highest BCUT2D eigenvalue weighted by Crippen LogP contribution is 2.25. The highest BCUT2D eigenvalue weighted by molar-refractivity contribution is 6.30. The molecular formula is C14H19ClN4O. The SMILES string of the molecule is CCC(N)Cc1cc(Cl)ccc1OCc1ncnn1C. The van der Waals surface area contributed by atoms with Crippen LogP contribution in [0.1, 0.15) is 24.7 Å². The lowest BCUT2D eigenvalue weighted by molar-refractivity contribution is 0.286. The van der Waals surface area contributed by atoms with Crippen LogP contribution in [-0.4, -0.2) is 20.8 Å². The molecule has 0 aliphatic heterocycles. The Morgan fingerprint density at radius 2 is 2.25 bits per heavy atom. The third-order valence-electron chi connectivity index (χ3n) is 3.19. The molecule has 1 aromatic heterocycles. The molecule has 1 atom stereocenters. The van der Waals surface area contributed by atoms with Crippen molar-refractivity contribution in [3.8, 4) is 5.75 Å². The third-order valence-corrected chi connectivity index (χ3v) is 3.43. The Balaban J connectivity index is 2.12. The summed E-state index contributed by atoms with van der Waals surface area (Å²) in [5.41, 5.74) is 7.04. The molecular weight excluding hydrogens is 276 g/mol. The minimum absolute atomic E-state index is 0.102. The van der Waals surface area contributed by atoms with Gasteiger partial charge >= 0.3 is 0 Å². The van der Waals surface area contributed by atoms with Crippen LogP contribution in [0.5, 0.6) is 5.75 Å². The number of nitrogens with two attached hydrogens (primary N) is 1. The van der Waals surface area contributed by atoms with E-state index >= 15 is 0 Å². The zero-order chi connectivity index (χ0) is 14.5. The van der Waals surface area contributed by atoms with Crippen molar-refractivity contribution in [2.75, 3.05) is 0 Å². The maximum absolute atomic E-state index is 6.05. The largest absolute Gasteiger partial charge is 0.485 e. The minimum atomic E-state index is 0.102. The molecule has 2 rings (SSSR count). The van der Waals surface area contributed by atoms with Crippen LogP contribution in [0.2, 0.25) is 5.02 Å². The summed E-state index contributed by atoms with van der Waals surface area (Å²) >= 11 is 6.05. The zero-order valence-corrected chi connectivity index (χ0v) is 12.5. The molecule has 1 unspecified atom stereocenters. The number of nitrogens with zero attached hydrogens (tertiary/aromatic N) is 3. The second-order valence-corrected chi connectivity index (χ2v) is 5.15. The lowest BCUT2D eigenvalue weighted by Gasteiger charge is -2.14. The van der Waals surface area contributed by atoms with E-state index in [4.69, 9.17) is 22.1 Å². The summed E-state index contributed by atoms with van der Waals surface area (Å²) in [7, 11) is 1.83. The Labute approximate surface area is 123 Å². The summed E-state index contributed by atoms with van der Waals surface area (Å²) in [5.74, 6) is 1.56. The first-order valence-electron chi connectivity index (χ1n) is 6.59. The van der Waals surface area contributed by atoms with E-state index < -0.39 is 0 Å². The summed E-state index contributed by atoms with van der Waals surface area (Å²) in [6, 6.07) is 5.69. The molecule has 5 nitrogen and oxygen atoms in total. The summed E-state index contributed by atoms with van der Waals surface area (Å²) in [6.07, 6.45) is 3.16. The summed E-state index contributed by atoms with van der Waals surface area (Å²) < 4.78 is 7.51. The van der Waals surface area contributed by atoms with Crippen molar-refractivity contribution in [3.05, 3.63) is 40.9 Å². The van der Waals surface area contributed by atoms with Crippen molar-refractivity contribution >= 4 is 11.6 Å². The Morgan fingerprint density at radius 1 is 1.45 bits per heavy atom. The number of hydrogen-bond acceptors (Lipinski definition) is 4. The van der Waals surface area contributed by atoms with E-state index in [1.54, 1.807) is 4.68 Å². The molecule has 0 spiro atoms. The third kappa shape index (κ3) is 3.71.